The lowest BCUT2D eigenvalue weighted by atomic mass is 9.98. The summed E-state index contributed by atoms with van der Waals surface area (Å²) in [5.74, 6) is -0.336. The molecule has 0 heterocycles. The molecule has 1 rings (SSSR count). The van der Waals surface area contributed by atoms with Crippen molar-refractivity contribution in [3.63, 3.8) is 0 Å². The summed E-state index contributed by atoms with van der Waals surface area (Å²) in [5.41, 5.74) is -0.557. The van der Waals surface area contributed by atoms with Crippen molar-refractivity contribution in [3.05, 3.63) is 28.0 Å². The normalized spacial score (nSPS) is 11.6. The molecule has 1 N–H and O–H groups in total. The Morgan fingerprint density at radius 1 is 1.43 bits per heavy atom. The van der Waals surface area contributed by atoms with Gasteiger partial charge in [0, 0.05) is 0 Å². The van der Waals surface area contributed by atoms with Gasteiger partial charge in [0.25, 0.3) is 0 Å². The van der Waals surface area contributed by atoms with Crippen LogP contribution in [0.5, 0.6) is 5.75 Å². The first-order valence-corrected chi connectivity index (χ1v) is 4.91. The summed E-state index contributed by atoms with van der Waals surface area (Å²) in [6, 6.07) is 2.91. The van der Waals surface area contributed by atoms with Gasteiger partial charge < -0.3 is 9.84 Å². The van der Waals surface area contributed by atoms with Gasteiger partial charge in [-0.05, 0) is 47.5 Å². The van der Waals surface area contributed by atoms with Gasteiger partial charge in [-0.3, -0.25) is 0 Å². The number of ether oxygens (including phenoxy) is 1. The average Bonchev–Trinajstić information content (AvgIpc) is 2.01. The molecular formula is C10H12BrFO2. The molecule has 0 aliphatic rings. The van der Waals surface area contributed by atoms with Crippen LogP contribution in [0.4, 0.5) is 4.39 Å². The van der Waals surface area contributed by atoms with Gasteiger partial charge in [-0.2, -0.15) is 0 Å². The lowest BCUT2D eigenvalue weighted by molar-refractivity contribution is 0.0780. The van der Waals surface area contributed by atoms with Crippen LogP contribution in [0.2, 0.25) is 0 Å². The second-order valence-corrected chi connectivity index (χ2v) is 4.39. The van der Waals surface area contributed by atoms with Gasteiger partial charge in [-0.25, -0.2) is 4.39 Å². The van der Waals surface area contributed by atoms with Crippen LogP contribution in [0, 0.1) is 5.82 Å². The maximum Gasteiger partial charge on any atom is 0.168 e. The maximum atomic E-state index is 13.4. The minimum absolute atomic E-state index is 0.151. The quantitative estimate of drug-likeness (QED) is 0.889. The molecule has 0 unspecified atom stereocenters. The Hall–Kier alpha value is -0.610. The van der Waals surface area contributed by atoms with Crippen molar-refractivity contribution in [1.82, 2.24) is 0 Å². The fraction of sp³-hybridized carbons (Fsp3) is 0.400. The highest BCUT2D eigenvalue weighted by Gasteiger charge is 2.20. The molecule has 1 aromatic rings. The minimum Gasteiger partial charge on any atom is -0.492 e. The molecule has 0 saturated heterocycles. The lowest BCUT2D eigenvalue weighted by Crippen LogP contribution is -2.15. The molecule has 0 amide bonds. The zero-order chi connectivity index (χ0) is 10.9. The monoisotopic (exact) mass is 262 g/mol. The Bertz CT molecular complexity index is 321. The van der Waals surface area contributed by atoms with Gasteiger partial charge in [0.2, 0.25) is 0 Å². The maximum absolute atomic E-state index is 13.4. The van der Waals surface area contributed by atoms with E-state index >= 15 is 0 Å². The van der Waals surface area contributed by atoms with Crippen molar-refractivity contribution in [2.45, 2.75) is 19.4 Å². The summed E-state index contributed by atoms with van der Waals surface area (Å²) in [7, 11) is 1.40. The molecule has 0 aliphatic heterocycles. The second-order valence-electron chi connectivity index (χ2n) is 3.53. The molecule has 0 fully saturated rings. The third-order valence-electron chi connectivity index (χ3n) is 1.91. The van der Waals surface area contributed by atoms with Gasteiger partial charge in [0.05, 0.1) is 17.2 Å². The minimum atomic E-state index is -1.06. The molecule has 0 aromatic heterocycles. The fourth-order valence-electron chi connectivity index (χ4n) is 1.11. The van der Waals surface area contributed by atoms with Crippen LogP contribution < -0.4 is 4.74 Å². The van der Waals surface area contributed by atoms with Crippen molar-refractivity contribution < 1.29 is 14.2 Å². The SMILES string of the molecule is COc1c(F)cc(C(C)(C)O)cc1Br. The van der Waals surface area contributed by atoms with E-state index < -0.39 is 11.4 Å². The van der Waals surface area contributed by atoms with E-state index in [-0.39, 0.29) is 5.75 Å². The molecule has 78 valence electrons. The third kappa shape index (κ3) is 2.25. The van der Waals surface area contributed by atoms with Crippen LogP contribution in [0.25, 0.3) is 0 Å². The smallest absolute Gasteiger partial charge is 0.168 e. The molecule has 0 bridgehead atoms. The number of hydrogen-bond acceptors (Lipinski definition) is 2. The van der Waals surface area contributed by atoms with Gasteiger partial charge >= 0.3 is 0 Å². The van der Waals surface area contributed by atoms with E-state index in [1.165, 1.54) is 13.2 Å². The van der Waals surface area contributed by atoms with Gasteiger partial charge in [0.1, 0.15) is 0 Å². The molecule has 0 radical (unpaired) electrons. The number of halogens is 2. The molecule has 1 aromatic carbocycles. The zero-order valence-electron chi connectivity index (χ0n) is 8.27. The fourth-order valence-corrected chi connectivity index (χ4v) is 1.71. The average molecular weight is 263 g/mol. The van der Waals surface area contributed by atoms with Crippen LogP contribution in [0.1, 0.15) is 19.4 Å². The van der Waals surface area contributed by atoms with Crippen molar-refractivity contribution in [2.75, 3.05) is 7.11 Å². The van der Waals surface area contributed by atoms with E-state index in [4.69, 9.17) is 4.74 Å². The van der Waals surface area contributed by atoms with E-state index in [9.17, 15) is 9.50 Å². The predicted octanol–water partition coefficient (Wildman–Crippen LogP) is 2.82. The summed E-state index contributed by atoms with van der Waals surface area (Å²) in [6.07, 6.45) is 0. The Balaban J connectivity index is 3.28. The van der Waals surface area contributed by atoms with E-state index in [0.29, 0.717) is 10.0 Å². The Kier molecular flexibility index (Phi) is 3.17. The van der Waals surface area contributed by atoms with Crippen LogP contribution in [0.15, 0.2) is 16.6 Å². The van der Waals surface area contributed by atoms with Crippen molar-refractivity contribution in [1.29, 1.82) is 0 Å². The summed E-state index contributed by atoms with van der Waals surface area (Å²) < 4.78 is 18.7. The highest BCUT2D eigenvalue weighted by molar-refractivity contribution is 9.10. The summed E-state index contributed by atoms with van der Waals surface area (Å²) in [6.45, 7) is 3.20. The van der Waals surface area contributed by atoms with E-state index in [2.05, 4.69) is 15.9 Å². The lowest BCUT2D eigenvalue weighted by Gasteiger charge is -2.19. The number of hydrogen-bond donors (Lipinski definition) is 1. The largest absolute Gasteiger partial charge is 0.492 e. The molecule has 14 heavy (non-hydrogen) atoms. The topological polar surface area (TPSA) is 29.5 Å². The summed E-state index contributed by atoms with van der Waals surface area (Å²) >= 11 is 3.17. The van der Waals surface area contributed by atoms with Gasteiger partial charge in [-0.1, -0.05) is 0 Å². The van der Waals surface area contributed by atoms with E-state index in [0.717, 1.165) is 0 Å². The highest BCUT2D eigenvalue weighted by atomic mass is 79.9. The van der Waals surface area contributed by atoms with Gasteiger partial charge in [0.15, 0.2) is 11.6 Å². The molecule has 0 saturated carbocycles. The zero-order valence-corrected chi connectivity index (χ0v) is 9.85. The number of aliphatic hydroxyl groups is 1. The Morgan fingerprint density at radius 3 is 2.36 bits per heavy atom. The second kappa shape index (κ2) is 3.87. The number of rotatable bonds is 2. The number of methoxy groups -OCH3 is 1. The molecule has 4 heteroatoms. The van der Waals surface area contributed by atoms with Crippen molar-refractivity contribution in [2.24, 2.45) is 0 Å². The molecular weight excluding hydrogens is 251 g/mol. The first kappa shape index (κ1) is 11.5. The van der Waals surface area contributed by atoms with E-state index in [1.54, 1.807) is 19.9 Å². The summed E-state index contributed by atoms with van der Waals surface area (Å²) in [4.78, 5) is 0. The van der Waals surface area contributed by atoms with E-state index in [1.807, 2.05) is 0 Å². The van der Waals surface area contributed by atoms with Crippen LogP contribution in [-0.4, -0.2) is 12.2 Å². The Morgan fingerprint density at radius 2 is 2.00 bits per heavy atom. The van der Waals surface area contributed by atoms with Gasteiger partial charge in [-0.15, -0.1) is 0 Å². The number of benzene rings is 1. The van der Waals surface area contributed by atoms with Crippen LogP contribution >= 0.6 is 15.9 Å². The predicted molar refractivity (Wildman–Crippen MR) is 55.9 cm³/mol. The molecule has 0 aliphatic carbocycles. The van der Waals surface area contributed by atoms with Crippen molar-refractivity contribution >= 4 is 15.9 Å². The van der Waals surface area contributed by atoms with Crippen LogP contribution in [-0.2, 0) is 5.60 Å². The molecule has 0 atom stereocenters. The Labute approximate surface area is 90.8 Å². The molecule has 2 nitrogen and oxygen atoms in total. The van der Waals surface area contributed by atoms with Crippen molar-refractivity contribution in [3.8, 4) is 5.75 Å². The third-order valence-corrected chi connectivity index (χ3v) is 2.50. The summed E-state index contributed by atoms with van der Waals surface area (Å²) in [5, 5.41) is 9.67. The van der Waals surface area contributed by atoms with Crippen LogP contribution in [0.3, 0.4) is 0 Å². The first-order valence-electron chi connectivity index (χ1n) is 4.12. The standard InChI is InChI=1S/C10H12BrFO2/c1-10(2,13)6-4-7(11)9(14-3)8(12)5-6/h4-5,13H,1-3H3. The molecule has 0 spiro atoms. The first-order chi connectivity index (χ1) is 6.36. The highest BCUT2D eigenvalue weighted by Crippen LogP contribution is 2.32.